The molecule has 6 nitrogen and oxygen atoms in total. The first kappa shape index (κ1) is 18.1. The average molecular weight is 413 g/mol. The number of fused-ring (bicyclic) bond motifs is 4. The van der Waals surface area contributed by atoms with Gasteiger partial charge in [-0.15, -0.1) is 0 Å². The number of hydrogen-bond acceptors (Lipinski definition) is 4. The Morgan fingerprint density at radius 1 is 0.903 bits per heavy atom. The van der Waals surface area contributed by atoms with Gasteiger partial charge in [0.1, 0.15) is 11.5 Å². The normalized spacial score (nSPS) is 13.0. The highest BCUT2D eigenvalue weighted by Gasteiger charge is 2.20. The molecule has 0 N–H and O–H groups in total. The van der Waals surface area contributed by atoms with Gasteiger partial charge in [0.15, 0.2) is 11.5 Å². The molecule has 0 radical (unpaired) electrons. The van der Waals surface area contributed by atoms with E-state index in [2.05, 4.69) is 43.5 Å². The van der Waals surface area contributed by atoms with Crippen molar-refractivity contribution < 1.29 is 13.9 Å². The molecule has 0 spiro atoms. The van der Waals surface area contributed by atoms with Gasteiger partial charge in [0.2, 0.25) is 6.79 Å². The Hall–Kier alpha value is -3.67. The summed E-state index contributed by atoms with van der Waals surface area (Å²) in [4.78, 5) is 0. The Labute approximate surface area is 179 Å². The molecule has 5 heterocycles. The number of aromatic nitrogens is 3. The molecule has 0 bridgehead atoms. The predicted octanol–water partition coefficient (Wildman–Crippen LogP) is 5.56. The van der Waals surface area contributed by atoms with Crippen LogP contribution in [0.4, 0.5) is 0 Å². The third kappa shape index (κ3) is 2.68. The fourth-order valence-corrected chi connectivity index (χ4v) is 4.76. The lowest BCUT2D eigenvalue weighted by atomic mass is 10.1. The molecule has 1 aromatic carbocycles. The van der Waals surface area contributed by atoms with E-state index in [1.165, 1.54) is 27.7 Å². The van der Waals surface area contributed by atoms with Crippen LogP contribution in [0.25, 0.3) is 27.6 Å². The van der Waals surface area contributed by atoms with Crippen molar-refractivity contribution in [2.24, 2.45) is 0 Å². The molecular weight excluding hydrogens is 390 g/mol. The molecule has 5 aromatic rings. The van der Waals surface area contributed by atoms with E-state index in [1.807, 2.05) is 35.8 Å². The summed E-state index contributed by atoms with van der Waals surface area (Å²) in [7, 11) is 0. The van der Waals surface area contributed by atoms with Crippen LogP contribution in [0.1, 0.15) is 28.4 Å². The summed E-state index contributed by atoms with van der Waals surface area (Å²) >= 11 is 0. The number of benzene rings is 1. The quantitative estimate of drug-likeness (QED) is 0.389. The first-order valence-electron chi connectivity index (χ1n) is 10.4. The van der Waals surface area contributed by atoms with E-state index < -0.39 is 0 Å². The minimum Gasteiger partial charge on any atom is -0.461 e. The zero-order chi connectivity index (χ0) is 21.3. The predicted molar refractivity (Wildman–Crippen MR) is 119 cm³/mol. The Morgan fingerprint density at radius 2 is 1.71 bits per heavy atom. The van der Waals surface area contributed by atoms with E-state index in [9.17, 15) is 0 Å². The Balaban J connectivity index is 1.52. The van der Waals surface area contributed by atoms with Gasteiger partial charge in [0, 0.05) is 40.5 Å². The fourth-order valence-electron chi connectivity index (χ4n) is 4.76. The molecule has 0 fully saturated rings. The molecule has 4 aromatic heterocycles. The van der Waals surface area contributed by atoms with Crippen molar-refractivity contribution in [1.29, 1.82) is 0 Å². The van der Waals surface area contributed by atoms with E-state index in [0.717, 1.165) is 46.3 Å². The van der Waals surface area contributed by atoms with Gasteiger partial charge in [-0.05, 0) is 63.6 Å². The Bertz CT molecular complexity index is 1490. The van der Waals surface area contributed by atoms with Gasteiger partial charge in [-0.3, -0.25) is 0 Å². The highest BCUT2D eigenvalue weighted by molar-refractivity contribution is 6.02. The largest absolute Gasteiger partial charge is 0.461 e. The number of hydrogen-bond donors (Lipinski definition) is 0. The number of rotatable bonds is 3. The fraction of sp³-hybridized carbons (Fsp3) is 0.240. The summed E-state index contributed by atoms with van der Waals surface area (Å²) in [5, 5.41) is 7.30. The van der Waals surface area contributed by atoms with Crippen LogP contribution in [0.5, 0.6) is 11.5 Å². The summed E-state index contributed by atoms with van der Waals surface area (Å²) in [6, 6.07) is 12.3. The summed E-state index contributed by atoms with van der Waals surface area (Å²) in [6.45, 7) is 9.45. The van der Waals surface area contributed by atoms with Gasteiger partial charge < -0.3 is 18.5 Å². The van der Waals surface area contributed by atoms with Crippen LogP contribution in [-0.2, 0) is 6.54 Å². The van der Waals surface area contributed by atoms with Gasteiger partial charge in [-0.25, -0.2) is 4.52 Å². The van der Waals surface area contributed by atoms with E-state index >= 15 is 0 Å². The first-order chi connectivity index (χ1) is 15.0. The summed E-state index contributed by atoms with van der Waals surface area (Å²) in [5.41, 5.74) is 6.77. The standard InChI is InChI=1S/C25H23N3O3/c1-14-5-7-21(31-14)19-10-20-25-17(4)27(16(3)24(25)15(2)26-28(20)12-19)11-18-6-8-22-23(9-18)30-13-29-22/h5-10,12H,11,13H2,1-4H3. The van der Waals surface area contributed by atoms with E-state index in [4.69, 9.17) is 19.0 Å². The van der Waals surface area contributed by atoms with Crippen molar-refractivity contribution in [3.8, 4) is 22.8 Å². The maximum Gasteiger partial charge on any atom is 0.231 e. The molecule has 31 heavy (non-hydrogen) atoms. The highest BCUT2D eigenvalue weighted by Crippen LogP contribution is 2.36. The van der Waals surface area contributed by atoms with E-state index in [0.29, 0.717) is 6.79 Å². The third-order valence-electron chi connectivity index (χ3n) is 6.26. The van der Waals surface area contributed by atoms with Gasteiger partial charge in [0.25, 0.3) is 0 Å². The monoisotopic (exact) mass is 413 g/mol. The molecule has 1 aliphatic rings. The molecule has 156 valence electrons. The van der Waals surface area contributed by atoms with E-state index in [1.54, 1.807) is 0 Å². The molecule has 0 saturated heterocycles. The second kappa shape index (κ2) is 6.41. The van der Waals surface area contributed by atoms with Crippen LogP contribution in [0.3, 0.4) is 0 Å². The second-order valence-electron chi connectivity index (χ2n) is 8.25. The molecule has 0 unspecified atom stereocenters. The van der Waals surface area contributed by atoms with Gasteiger partial charge in [0.05, 0.1) is 11.2 Å². The molecule has 0 saturated carbocycles. The van der Waals surface area contributed by atoms with Crippen molar-refractivity contribution in [1.82, 2.24) is 14.2 Å². The number of furan rings is 1. The highest BCUT2D eigenvalue weighted by atomic mass is 16.7. The minimum absolute atomic E-state index is 0.291. The lowest BCUT2D eigenvalue weighted by Crippen LogP contribution is -2.03. The molecule has 0 atom stereocenters. The van der Waals surface area contributed by atoms with Crippen molar-refractivity contribution >= 4 is 16.3 Å². The Kier molecular flexibility index (Phi) is 3.75. The minimum atomic E-state index is 0.291. The summed E-state index contributed by atoms with van der Waals surface area (Å²) < 4.78 is 21.2. The number of aryl methyl sites for hydroxylation is 4. The molecule has 1 aliphatic heterocycles. The van der Waals surface area contributed by atoms with Gasteiger partial charge in [-0.1, -0.05) is 6.07 Å². The van der Waals surface area contributed by atoms with Crippen molar-refractivity contribution in [2.75, 3.05) is 6.79 Å². The summed E-state index contributed by atoms with van der Waals surface area (Å²) in [5.74, 6) is 3.39. The van der Waals surface area contributed by atoms with Crippen molar-refractivity contribution in [3.05, 3.63) is 71.0 Å². The molecular formula is C25H23N3O3. The zero-order valence-electron chi connectivity index (χ0n) is 18.0. The van der Waals surface area contributed by atoms with E-state index in [-0.39, 0.29) is 0 Å². The van der Waals surface area contributed by atoms with Gasteiger partial charge >= 0.3 is 0 Å². The van der Waals surface area contributed by atoms with Crippen LogP contribution in [-0.4, -0.2) is 21.0 Å². The first-order valence-corrected chi connectivity index (χ1v) is 10.4. The second-order valence-corrected chi connectivity index (χ2v) is 8.25. The molecule has 6 heteroatoms. The lowest BCUT2D eigenvalue weighted by molar-refractivity contribution is 0.174. The Morgan fingerprint density at radius 3 is 2.52 bits per heavy atom. The number of ether oxygens (including phenoxy) is 2. The SMILES string of the molecule is Cc1ccc(-c2cc3c4c(C)n(Cc5ccc6c(c5)OCO6)c(C)c4c(C)nn3c2)o1. The molecule has 6 rings (SSSR count). The maximum absolute atomic E-state index is 5.85. The van der Waals surface area contributed by atoms with Crippen LogP contribution in [0.2, 0.25) is 0 Å². The van der Waals surface area contributed by atoms with Crippen LogP contribution >= 0.6 is 0 Å². The van der Waals surface area contributed by atoms with Crippen LogP contribution < -0.4 is 9.47 Å². The topological polar surface area (TPSA) is 53.8 Å². The van der Waals surface area contributed by atoms with Crippen molar-refractivity contribution in [2.45, 2.75) is 34.2 Å². The molecule has 0 amide bonds. The van der Waals surface area contributed by atoms with Gasteiger partial charge in [-0.2, -0.15) is 5.10 Å². The van der Waals surface area contributed by atoms with Crippen molar-refractivity contribution in [3.63, 3.8) is 0 Å². The zero-order valence-corrected chi connectivity index (χ0v) is 18.0. The third-order valence-corrected chi connectivity index (χ3v) is 6.26. The maximum atomic E-state index is 5.85. The lowest BCUT2D eigenvalue weighted by Gasteiger charge is -2.10. The number of nitrogens with zero attached hydrogens (tertiary/aromatic N) is 3. The average Bonchev–Trinajstić information content (AvgIpc) is 3.51. The summed E-state index contributed by atoms with van der Waals surface area (Å²) in [6.07, 6.45) is 2.05. The van der Waals surface area contributed by atoms with Crippen LogP contribution in [0, 0.1) is 27.7 Å². The molecule has 0 aliphatic carbocycles. The van der Waals surface area contributed by atoms with Crippen LogP contribution in [0.15, 0.2) is 47.0 Å². The smallest absolute Gasteiger partial charge is 0.231 e.